The number of carbonyl (C=O) groups is 1. The highest BCUT2D eigenvalue weighted by atomic mass is 32.2. The monoisotopic (exact) mass is 531 g/mol. The summed E-state index contributed by atoms with van der Waals surface area (Å²) in [7, 11) is -3.69. The third-order valence-corrected chi connectivity index (χ3v) is 9.28. The molecule has 3 heterocycles. The number of fused-ring (bicyclic) bond motifs is 1. The van der Waals surface area contributed by atoms with Gasteiger partial charge in [-0.15, -0.1) is 0 Å². The Labute approximate surface area is 211 Å². The fourth-order valence-electron chi connectivity index (χ4n) is 4.34. The average molecular weight is 532 g/mol. The third-order valence-electron chi connectivity index (χ3n) is 6.22. The quantitative estimate of drug-likeness (QED) is 0.325. The van der Waals surface area contributed by atoms with Gasteiger partial charge >= 0.3 is 0 Å². The molecule has 1 aliphatic heterocycles. The first-order valence-corrected chi connectivity index (χ1v) is 13.7. The molecule has 0 N–H and O–H groups in total. The molecular formula is C25H23F2N3O4S2. The normalized spacial score (nSPS) is 16.9. The molecule has 1 saturated heterocycles. The van der Waals surface area contributed by atoms with E-state index in [2.05, 4.69) is 4.98 Å². The second-order valence-electron chi connectivity index (χ2n) is 8.69. The van der Waals surface area contributed by atoms with Crippen LogP contribution in [0.3, 0.4) is 0 Å². The number of amides is 1. The van der Waals surface area contributed by atoms with Gasteiger partial charge in [-0.25, -0.2) is 22.2 Å². The number of piperidine rings is 1. The zero-order chi connectivity index (χ0) is 25.4. The molecule has 1 aliphatic rings. The van der Waals surface area contributed by atoms with E-state index in [0.717, 1.165) is 42.7 Å². The Morgan fingerprint density at radius 1 is 1.19 bits per heavy atom. The fraction of sp³-hybridized carbons (Fsp3) is 0.280. The van der Waals surface area contributed by atoms with Crippen molar-refractivity contribution >= 4 is 42.6 Å². The van der Waals surface area contributed by atoms with Gasteiger partial charge in [-0.2, -0.15) is 4.31 Å². The van der Waals surface area contributed by atoms with Crippen LogP contribution >= 0.6 is 11.3 Å². The maximum absolute atomic E-state index is 14.3. The number of aromatic nitrogens is 1. The van der Waals surface area contributed by atoms with E-state index in [1.165, 1.54) is 39.7 Å². The molecule has 0 radical (unpaired) electrons. The zero-order valence-corrected chi connectivity index (χ0v) is 21.0. The zero-order valence-electron chi connectivity index (χ0n) is 19.4. The molecule has 36 heavy (non-hydrogen) atoms. The first kappa shape index (κ1) is 24.5. The number of hydrogen-bond donors (Lipinski definition) is 0. The Morgan fingerprint density at radius 3 is 2.67 bits per heavy atom. The predicted octanol–water partition coefficient (Wildman–Crippen LogP) is 5.58. The van der Waals surface area contributed by atoms with Crippen LogP contribution in [0.25, 0.3) is 10.2 Å². The Morgan fingerprint density at radius 2 is 1.97 bits per heavy atom. The molecule has 1 atom stereocenters. The number of furan rings is 1. The summed E-state index contributed by atoms with van der Waals surface area (Å²) in [6.45, 7) is 2.37. The molecule has 0 saturated carbocycles. The number of hydrogen-bond acceptors (Lipinski definition) is 6. The maximum atomic E-state index is 14.3. The maximum Gasteiger partial charge on any atom is 0.260 e. The van der Waals surface area contributed by atoms with Gasteiger partial charge in [-0.1, -0.05) is 17.8 Å². The van der Waals surface area contributed by atoms with Crippen molar-refractivity contribution < 1.29 is 26.4 Å². The first-order chi connectivity index (χ1) is 17.2. The summed E-state index contributed by atoms with van der Waals surface area (Å²) >= 11 is 0.975. The Balaban J connectivity index is 1.48. The summed E-state index contributed by atoms with van der Waals surface area (Å²) in [5.74, 6) is -1.58. The SMILES string of the molecule is CC1CCCCN1S(=O)(=O)c1ccc(C(=O)N(Cc2ccco2)c2nc3c(F)cc(F)cc3s2)cc1. The van der Waals surface area contributed by atoms with Crippen LogP contribution in [-0.4, -0.2) is 36.2 Å². The minimum absolute atomic E-state index is 0.00109. The van der Waals surface area contributed by atoms with Crippen LogP contribution in [0.1, 0.15) is 42.3 Å². The van der Waals surface area contributed by atoms with Crippen LogP contribution in [0.5, 0.6) is 0 Å². The molecule has 2 aromatic carbocycles. The highest BCUT2D eigenvalue weighted by Crippen LogP contribution is 2.33. The Kier molecular flexibility index (Phi) is 6.62. The number of anilines is 1. The number of sulfonamides is 1. The summed E-state index contributed by atoms with van der Waals surface area (Å²) in [4.78, 5) is 19.2. The van der Waals surface area contributed by atoms with E-state index in [-0.39, 0.29) is 38.4 Å². The van der Waals surface area contributed by atoms with Crippen LogP contribution in [0.2, 0.25) is 0 Å². The minimum atomic E-state index is -3.69. The first-order valence-electron chi connectivity index (χ1n) is 11.5. The van der Waals surface area contributed by atoms with Crippen molar-refractivity contribution in [2.75, 3.05) is 11.4 Å². The van der Waals surface area contributed by atoms with E-state index < -0.39 is 27.6 Å². The lowest BCUT2D eigenvalue weighted by Crippen LogP contribution is -2.41. The van der Waals surface area contributed by atoms with E-state index in [1.54, 1.807) is 12.1 Å². The molecule has 1 amide bonds. The summed E-state index contributed by atoms with van der Waals surface area (Å²) in [5, 5.41) is 0.162. The van der Waals surface area contributed by atoms with Crippen LogP contribution in [0.4, 0.5) is 13.9 Å². The largest absolute Gasteiger partial charge is 0.467 e. The Hall–Kier alpha value is -3.15. The van der Waals surface area contributed by atoms with Gasteiger partial charge in [0.2, 0.25) is 10.0 Å². The fourth-order valence-corrected chi connectivity index (χ4v) is 7.04. The number of halogens is 2. The number of benzene rings is 2. The van der Waals surface area contributed by atoms with Crippen molar-refractivity contribution in [1.29, 1.82) is 0 Å². The Bertz CT molecular complexity index is 1500. The second kappa shape index (κ2) is 9.72. The molecule has 0 bridgehead atoms. The number of carbonyl (C=O) groups excluding carboxylic acids is 1. The molecule has 1 unspecified atom stereocenters. The van der Waals surface area contributed by atoms with Crippen LogP contribution in [0, 0.1) is 11.6 Å². The van der Waals surface area contributed by atoms with Gasteiger partial charge in [0.05, 0.1) is 22.4 Å². The standard InChI is InChI=1S/C25H23F2N3O4S2/c1-16-5-2-3-11-30(16)36(32,33)20-9-7-17(8-10-20)24(31)29(15-19-6-4-12-34-19)25-28-23-21(27)13-18(26)14-22(23)35-25/h4,6-10,12-14,16H,2-3,5,11,15H2,1H3. The number of thiazole rings is 1. The van der Waals surface area contributed by atoms with Gasteiger partial charge in [0, 0.05) is 24.2 Å². The van der Waals surface area contributed by atoms with Crippen molar-refractivity contribution in [2.24, 2.45) is 0 Å². The molecule has 188 valence electrons. The highest BCUT2D eigenvalue weighted by Gasteiger charge is 2.31. The van der Waals surface area contributed by atoms with Crippen molar-refractivity contribution in [3.05, 3.63) is 77.8 Å². The van der Waals surface area contributed by atoms with E-state index in [4.69, 9.17) is 4.42 Å². The molecular weight excluding hydrogens is 508 g/mol. The lowest BCUT2D eigenvalue weighted by Gasteiger charge is -2.32. The molecule has 1 fully saturated rings. The number of nitrogens with zero attached hydrogens (tertiary/aromatic N) is 3. The molecule has 0 spiro atoms. The predicted molar refractivity (Wildman–Crippen MR) is 132 cm³/mol. The van der Waals surface area contributed by atoms with Crippen LogP contribution < -0.4 is 4.90 Å². The van der Waals surface area contributed by atoms with Gasteiger partial charge in [0.15, 0.2) is 10.9 Å². The van der Waals surface area contributed by atoms with E-state index in [1.807, 2.05) is 6.92 Å². The molecule has 2 aromatic heterocycles. The lowest BCUT2D eigenvalue weighted by molar-refractivity contribution is 0.0983. The van der Waals surface area contributed by atoms with Crippen LogP contribution in [0.15, 0.2) is 64.1 Å². The second-order valence-corrected chi connectivity index (χ2v) is 11.6. The molecule has 11 heteroatoms. The molecule has 0 aliphatic carbocycles. The van der Waals surface area contributed by atoms with Crippen molar-refractivity contribution in [2.45, 2.75) is 43.7 Å². The van der Waals surface area contributed by atoms with E-state index in [9.17, 15) is 22.0 Å². The lowest BCUT2D eigenvalue weighted by atomic mass is 10.1. The number of rotatable bonds is 6. The van der Waals surface area contributed by atoms with Crippen molar-refractivity contribution in [3.63, 3.8) is 0 Å². The summed E-state index contributed by atoms with van der Waals surface area (Å²) < 4.78 is 61.5. The molecule has 7 nitrogen and oxygen atoms in total. The molecule has 4 aromatic rings. The van der Waals surface area contributed by atoms with Gasteiger partial charge in [0.25, 0.3) is 5.91 Å². The van der Waals surface area contributed by atoms with Crippen molar-refractivity contribution in [1.82, 2.24) is 9.29 Å². The summed E-state index contributed by atoms with van der Waals surface area (Å²) in [6.07, 6.45) is 4.08. The van der Waals surface area contributed by atoms with Gasteiger partial charge in [0.1, 0.15) is 17.1 Å². The smallest absolute Gasteiger partial charge is 0.260 e. The van der Waals surface area contributed by atoms with Gasteiger partial charge in [-0.3, -0.25) is 9.69 Å². The topological polar surface area (TPSA) is 83.7 Å². The van der Waals surface area contributed by atoms with Gasteiger partial charge in [-0.05, 0) is 62.2 Å². The van der Waals surface area contributed by atoms with Gasteiger partial charge < -0.3 is 4.42 Å². The van der Waals surface area contributed by atoms with Crippen LogP contribution in [-0.2, 0) is 16.6 Å². The highest BCUT2D eigenvalue weighted by molar-refractivity contribution is 7.89. The summed E-state index contributed by atoms with van der Waals surface area (Å²) in [6, 6.07) is 10.9. The average Bonchev–Trinajstić information content (AvgIpc) is 3.52. The summed E-state index contributed by atoms with van der Waals surface area (Å²) in [5.41, 5.74) is 0.184. The van der Waals surface area contributed by atoms with Crippen molar-refractivity contribution in [3.8, 4) is 0 Å². The van der Waals surface area contributed by atoms with E-state index >= 15 is 0 Å². The molecule has 5 rings (SSSR count). The van der Waals surface area contributed by atoms with E-state index in [0.29, 0.717) is 12.3 Å². The third kappa shape index (κ3) is 4.65. The minimum Gasteiger partial charge on any atom is -0.467 e.